The minimum atomic E-state index is -1.66. The zero-order valence-corrected chi connectivity index (χ0v) is 19.5. The molecule has 0 radical (unpaired) electrons. The summed E-state index contributed by atoms with van der Waals surface area (Å²) in [5.41, 5.74) is 3.56. The third-order valence-electron chi connectivity index (χ3n) is 5.37. The summed E-state index contributed by atoms with van der Waals surface area (Å²) in [6, 6.07) is 20.3. The third kappa shape index (κ3) is 5.63. The number of amides is 2. The van der Waals surface area contributed by atoms with Gasteiger partial charge in [-0.15, -0.1) is 0 Å². The number of nitrogens with zero attached hydrogens (tertiary/aromatic N) is 1. The SMILES string of the molecule is Cc1ccc(CCOc2ccc(CC3(C(=O)OCc4ccccc4)SC(=O)NC3=O)cc2)nc1. The number of carbonyl (C=O) groups excluding carboxylic acids is 3. The lowest BCUT2D eigenvalue weighted by atomic mass is 9.97. The summed E-state index contributed by atoms with van der Waals surface area (Å²) >= 11 is 0.664. The third-order valence-corrected chi connectivity index (χ3v) is 6.50. The first-order chi connectivity index (χ1) is 16.4. The Morgan fingerprint density at radius 2 is 1.76 bits per heavy atom. The Morgan fingerprint density at radius 3 is 2.41 bits per heavy atom. The van der Waals surface area contributed by atoms with Crippen molar-refractivity contribution in [2.24, 2.45) is 0 Å². The average molecular weight is 477 g/mol. The molecule has 7 nitrogen and oxygen atoms in total. The van der Waals surface area contributed by atoms with Crippen molar-refractivity contribution >= 4 is 28.9 Å². The number of aromatic nitrogens is 1. The number of nitrogens with one attached hydrogen (secondary N) is 1. The molecule has 1 aliphatic heterocycles. The maximum Gasteiger partial charge on any atom is 0.333 e. The van der Waals surface area contributed by atoms with E-state index in [1.54, 1.807) is 24.3 Å². The lowest BCUT2D eigenvalue weighted by molar-refractivity contribution is -0.150. The van der Waals surface area contributed by atoms with Gasteiger partial charge in [0.25, 0.3) is 11.1 Å². The molecule has 0 spiro atoms. The van der Waals surface area contributed by atoms with E-state index in [1.165, 1.54) is 0 Å². The van der Waals surface area contributed by atoms with Crippen LogP contribution < -0.4 is 10.1 Å². The fourth-order valence-corrected chi connectivity index (χ4v) is 4.48. The Labute approximate surface area is 201 Å². The summed E-state index contributed by atoms with van der Waals surface area (Å²) < 4.78 is 9.56. The van der Waals surface area contributed by atoms with E-state index in [1.807, 2.05) is 55.6 Å². The van der Waals surface area contributed by atoms with Crippen molar-refractivity contribution in [2.45, 2.75) is 31.1 Å². The molecule has 8 heteroatoms. The van der Waals surface area contributed by atoms with Crippen LogP contribution in [0.3, 0.4) is 0 Å². The van der Waals surface area contributed by atoms with Crippen molar-refractivity contribution in [2.75, 3.05) is 6.61 Å². The Kier molecular flexibility index (Phi) is 7.27. The molecule has 34 heavy (non-hydrogen) atoms. The number of aryl methyl sites for hydroxylation is 1. The van der Waals surface area contributed by atoms with E-state index in [9.17, 15) is 14.4 Å². The summed E-state index contributed by atoms with van der Waals surface area (Å²) in [5, 5.41) is 1.66. The molecule has 0 saturated carbocycles. The number of hydrogen-bond acceptors (Lipinski definition) is 7. The van der Waals surface area contributed by atoms with Crippen molar-refractivity contribution in [3.8, 4) is 5.75 Å². The lowest BCUT2D eigenvalue weighted by Gasteiger charge is -2.22. The van der Waals surface area contributed by atoms with Gasteiger partial charge in [-0.1, -0.05) is 48.5 Å². The van der Waals surface area contributed by atoms with Crippen molar-refractivity contribution in [1.82, 2.24) is 10.3 Å². The van der Waals surface area contributed by atoms with Gasteiger partial charge in [-0.3, -0.25) is 19.9 Å². The molecule has 3 aromatic rings. The van der Waals surface area contributed by atoms with Crippen LogP contribution in [0, 0.1) is 6.92 Å². The van der Waals surface area contributed by atoms with Crippen LogP contribution in [0.15, 0.2) is 72.9 Å². The predicted molar refractivity (Wildman–Crippen MR) is 128 cm³/mol. The molecule has 1 atom stereocenters. The molecule has 174 valence electrons. The molecule has 1 saturated heterocycles. The number of benzene rings is 2. The van der Waals surface area contributed by atoms with Crippen LogP contribution in [-0.2, 0) is 33.8 Å². The van der Waals surface area contributed by atoms with Crippen LogP contribution in [0.4, 0.5) is 4.79 Å². The van der Waals surface area contributed by atoms with E-state index in [4.69, 9.17) is 9.47 Å². The van der Waals surface area contributed by atoms with Gasteiger partial charge in [-0.05, 0) is 53.6 Å². The van der Waals surface area contributed by atoms with Gasteiger partial charge >= 0.3 is 5.97 Å². The van der Waals surface area contributed by atoms with Crippen molar-refractivity contribution in [3.05, 3.63) is 95.3 Å². The van der Waals surface area contributed by atoms with Gasteiger partial charge in [0.05, 0.1) is 6.61 Å². The van der Waals surface area contributed by atoms with E-state index < -0.39 is 21.9 Å². The fraction of sp³-hybridized carbons (Fsp3) is 0.231. The molecule has 2 amide bonds. The number of imide groups is 1. The molecule has 4 rings (SSSR count). The highest BCUT2D eigenvalue weighted by Gasteiger charge is 2.55. The molecule has 1 aliphatic rings. The van der Waals surface area contributed by atoms with Gasteiger partial charge in [0, 0.05) is 24.7 Å². The monoisotopic (exact) mass is 476 g/mol. The Balaban J connectivity index is 1.39. The van der Waals surface area contributed by atoms with Crippen LogP contribution in [-0.4, -0.2) is 33.5 Å². The van der Waals surface area contributed by atoms with Crippen LogP contribution in [0.25, 0.3) is 0 Å². The van der Waals surface area contributed by atoms with Crippen LogP contribution in [0.1, 0.15) is 22.4 Å². The first-order valence-electron chi connectivity index (χ1n) is 10.8. The first-order valence-corrected chi connectivity index (χ1v) is 11.7. The molecule has 1 fully saturated rings. The molecular formula is C26H24N2O5S. The predicted octanol–water partition coefficient (Wildman–Crippen LogP) is 4.02. The minimum Gasteiger partial charge on any atom is -0.493 e. The Hall–Kier alpha value is -3.65. The highest BCUT2D eigenvalue weighted by molar-refractivity contribution is 8.16. The summed E-state index contributed by atoms with van der Waals surface area (Å²) in [4.78, 5) is 41.9. The van der Waals surface area contributed by atoms with Gasteiger partial charge in [0.15, 0.2) is 0 Å². The van der Waals surface area contributed by atoms with Gasteiger partial charge in [-0.2, -0.15) is 0 Å². The highest BCUT2D eigenvalue weighted by Crippen LogP contribution is 2.37. The number of ether oxygens (including phenoxy) is 2. The topological polar surface area (TPSA) is 94.6 Å². The smallest absolute Gasteiger partial charge is 0.333 e. The number of rotatable bonds is 9. The van der Waals surface area contributed by atoms with E-state index in [0.717, 1.165) is 16.8 Å². The van der Waals surface area contributed by atoms with E-state index in [2.05, 4.69) is 10.3 Å². The molecule has 0 aliphatic carbocycles. The number of thioether (sulfide) groups is 1. The average Bonchev–Trinajstić information content (AvgIpc) is 3.14. The fourth-order valence-electron chi connectivity index (χ4n) is 3.50. The van der Waals surface area contributed by atoms with Crippen LogP contribution in [0.5, 0.6) is 5.75 Å². The number of hydrogen-bond donors (Lipinski definition) is 1. The lowest BCUT2D eigenvalue weighted by Crippen LogP contribution is -2.46. The highest BCUT2D eigenvalue weighted by atomic mass is 32.2. The maximum absolute atomic E-state index is 13.0. The standard InChI is InChI=1S/C26H24N2O5S/c1-18-7-10-21(27-16-18)13-14-32-22-11-8-19(9-12-22)15-26(23(29)28-25(31)34-26)24(30)33-17-20-5-3-2-4-6-20/h2-12,16H,13-15,17H2,1H3,(H,28,29,31). The number of pyridine rings is 1. The molecule has 1 aromatic heterocycles. The largest absolute Gasteiger partial charge is 0.493 e. The molecule has 2 aromatic carbocycles. The Morgan fingerprint density at radius 1 is 1.00 bits per heavy atom. The maximum atomic E-state index is 13.0. The quantitative estimate of drug-likeness (QED) is 0.368. The van der Waals surface area contributed by atoms with Gasteiger partial charge in [0.2, 0.25) is 4.75 Å². The van der Waals surface area contributed by atoms with Crippen molar-refractivity contribution in [1.29, 1.82) is 0 Å². The summed E-state index contributed by atoms with van der Waals surface area (Å²) in [6.07, 6.45) is 2.53. The van der Waals surface area contributed by atoms with Crippen molar-refractivity contribution in [3.63, 3.8) is 0 Å². The molecule has 2 heterocycles. The van der Waals surface area contributed by atoms with E-state index >= 15 is 0 Å². The minimum absolute atomic E-state index is 0.0199. The molecule has 1 N–H and O–H groups in total. The summed E-state index contributed by atoms with van der Waals surface area (Å²) in [7, 11) is 0. The van der Waals surface area contributed by atoms with Crippen LogP contribution in [0.2, 0.25) is 0 Å². The number of carbonyl (C=O) groups is 3. The van der Waals surface area contributed by atoms with E-state index in [0.29, 0.717) is 36.1 Å². The molecule has 1 unspecified atom stereocenters. The molecule has 0 bridgehead atoms. The van der Waals surface area contributed by atoms with E-state index in [-0.39, 0.29) is 13.0 Å². The zero-order valence-electron chi connectivity index (χ0n) is 18.7. The second-order valence-electron chi connectivity index (χ2n) is 7.98. The van der Waals surface area contributed by atoms with Gasteiger partial charge < -0.3 is 9.47 Å². The van der Waals surface area contributed by atoms with Gasteiger partial charge in [0.1, 0.15) is 12.4 Å². The summed E-state index contributed by atoms with van der Waals surface area (Å²) in [6.45, 7) is 2.48. The second kappa shape index (κ2) is 10.5. The summed E-state index contributed by atoms with van der Waals surface area (Å²) in [5.74, 6) is -0.738. The Bertz CT molecular complexity index is 1170. The normalized spacial score (nSPS) is 17.3. The van der Waals surface area contributed by atoms with Gasteiger partial charge in [-0.25, -0.2) is 4.79 Å². The second-order valence-corrected chi connectivity index (χ2v) is 9.25. The zero-order chi connectivity index (χ0) is 24.0. The van der Waals surface area contributed by atoms with Crippen molar-refractivity contribution < 1.29 is 23.9 Å². The van der Waals surface area contributed by atoms with Crippen LogP contribution >= 0.6 is 11.8 Å². The first kappa shape index (κ1) is 23.5. The molecular weight excluding hydrogens is 452 g/mol. The number of esters is 1.